The minimum absolute atomic E-state index is 0.0401. The van der Waals surface area contributed by atoms with Gasteiger partial charge in [-0.3, -0.25) is 0 Å². The highest BCUT2D eigenvalue weighted by Gasteiger charge is 2.02. The van der Waals surface area contributed by atoms with Gasteiger partial charge < -0.3 is 9.84 Å². The predicted molar refractivity (Wildman–Crippen MR) is 63.2 cm³/mol. The quantitative estimate of drug-likeness (QED) is 0.874. The SMILES string of the molecule is CCOc1cc(C=CS(C)(=O)=O)ccc1O. The maximum absolute atomic E-state index is 10.9. The molecule has 0 atom stereocenters. The van der Waals surface area contributed by atoms with Crippen molar-refractivity contribution in [3.05, 3.63) is 29.2 Å². The van der Waals surface area contributed by atoms with Crippen molar-refractivity contribution in [3.63, 3.8) is 0 Å². The summed E-state index contributed by atoms with van der Waals surface area (Å²) in [5.74, 6) is 0.386. The van der Waals surface area contributed by atoms with Gasteiger partial charge in [-0.2, -0.15) is 0 Å². The van der Waals surface area contributed by atoms with Crippen LogP contribution >= 0.6 is 0 Å². The Morgan fingerprint density at radius 1 is 1.44 bits per heavy atom. The van der Waals surface area contributed by atoms with E-state index >= 15 is 0 Å². The zero-order valence-electron chi connectivity index (χ0n) is 9.17. The topological polar surface area (TPSA) is 63.6 Å². The van der Waals surface area contributed by atoms with Crippen molar-refractivity contribution in [1.82, 2.24) is 0 Å². The third-order valence-corrected chi connectivity index (χ3v) is 2.42. The summed E-state index contributed by atoms with van der Waals surface area (Å²) in [5.41, 5.74) is 0.659. The van der Waals surface area contributed by atoms with Crippen molar-refractivity contribution >= 4 is 15.9 Å². The average molecular weight is 242 g/mol. The Morgan fingerprint density at radius 3 is 2.69 bits per heavy atom. The van der Waals surface area contributed by atoms with Crippen LogP contribution < -0.4 is 4.74 Å². The first-order chi connectivity index (χ1) is 7.42. The summed E-state index contributed by atoms with van der Waals surface area (Å²) in [4.78, 5) is 0. The van der Waals surface area contributed by atoms with Crippen LogP contribution in [0.25, 0.3) is 6.08 Å². The lowest BCUT2D eigenvalue weighted by Gasteiger charge is -2.05. The second-order valence-corrected chi connectivity index (χ2v) is 5.22. The zero-order valence-corrected chi connectivity index (χ0v) is 9.99. The van der Waals surface area contributed by atoms with Crippen LogP contribution in [0.1, 0.15) is 12.5 Å². The molecule has 0 aliphatic carbocycles. The number of phenols is 1. The molecule has 0 radical (unpaired) electrons. The number of rotatable bonds is 4. The van der Waals surface area contributed by atoms with Crippen LogP contribution in [-0.4, -0.2) is 26.4 Å². The Bertz CT molecular complexity index is 489. The first-order valence-corrected chi connectivity index (χ1v) is 6.72. The van der Waals surface area contributed by atoms with Crippen LogP contribution in [0.4, 0.5) is 0 Å². The molecule has 0 saturated heterocycles. The Kier molecular flexibility index (Phi) is 3.95. The number of benzene rings is 1. The number of phenolic OH excluding ortho intramolecular Hbond substituents is 1. The van der Waals surface area contributed by atoms with Crippen LogP contribution in [0.5, 0.6) is 11.5 Å². The van der Waals surface area contributed by atoms with Gasteiger partial charge in [-0.05, 0) is 30.7 Å². The molecule has 5 heteroatoms. The predicted octanol–water partition coefficient (Wildman–Crippen LogP) is 1.81. The fraction of sp³-hybridized carbons (Fsp3) is 0.273. The Hall–Kier alpha value is -1.49. The molecule has 0 unspecified atom stereocenters. The van der Waals surface area contributed by atoms with Crippen molar-refractivity contribution in [3.8, 4) is 11.5 Å². The van der Waals surface area contributed by atoms with Crippen LogP contribution in [0.3, 0.4) is 0 Å². The highest BCUT2D eigenvalue weighted by Crippen LogP contribution is 2.27. The minimum Gasteiger partial charge on any atom is -0.504 e. The number of hydrogen-bond donors (Lipinski definition) is 1. The number of sulfone groups is 1. The maximum atomic E-state index is 10.9. The molecule has 0 saturated carbocycles. The van der Waals surface area contributed by atoms with Gasteiger partial charge in [-0.15, -0.1) is 0 Å². The van der Waals surface area contributed by atoms with E-state index < -0.39 is 9.84 Å². The fourth-order valence-electron chi connectivity index (χ4n) is 1.11. The molecule has 88 valence electrons. The van der Waals surface area contributed by atoms with E-state index in [-0.39, 0.29) is 5.75 Å². The summed E-state index contributed by atoms with van der Waals surface area (Å²) in [6.07, 6.45) is 2.57. The Balaban J connectivity index is 2.99. The molecule has 4 nitrogen and oxygen atoms in total. The number of hydrogen-bond acceptors (Lipinski definition) is 4. The second-order valence-electron chi connectivity index (χ2n) is 3.29. The summed E-state index contributed by atoms with van der Waals surface area (Å²) < 4.78 is 27.0. The van der Waals surface area contributed by atoms with Crippen molar-refractivity contribution in [1.29, 1.82) is 0 Å². The highest BCUT2D eigenvalue weighted by molar-refractivity contribution is 7.93. The van der Waals surface area contributed by atoms with Gasteiger partial charge in [-0.1, -0.05) is 6.07 Å². The fourth-order valence-corrected chi connectivity index (χ4v) is 1.51. The largest absolute Gasteiger partial charge is 0.504 e. The molecule has 1 aromatic rings. The van der Waals surface area contributed by atoms with E-state index in [2.05, 4.69) is 0 Å². The van der Waals surface area contributed by atoms with E-state index in [4.69, 9.17) is 4.74 Å². The van der Waals surface area contributed by atoms with E-state index in [9.17, 15) is 13.5 Å². The molecular weight excluding hydrogens is 228 g/mol. The lowest BCUT2D eigenvalue weighted by molar-refractivity contribution is 0.318. The molecule has 0 aromatic heterocycles. The smallest absolute Gasteiger partial charge is 0.168 e. The summed E-state index contributed by atoms with van der Waals surface area (Å²) in [5, 5.41) is 10.5. The molecule has 0 amide bonds. The highest BCUT2D eigenvalue weighted by atomic mass is 32.2. The van der Waals surface area contributed by atoms with Gasteiger partial charge >= 0.3 is 0 Å². The van der Waals surface area contributed by atoms with Gasteiger partial charge in [0.05, 0.1) is 6.61 Å². The van der Waals surface area contributed by atoms with Gasteiger partial charge in [0.1, 0.15) is 0 Å². The monoisotopic (exact) mass is 242 g/mol. The van der Waals surface area contributed by atoms with Gasteiger partial charge in [-0.25, -0.2) is 8.42 Å². The first kappa shape index (κ1) is 12.6. The average Bonchev–Trinajstić information content (AvgIpc) is 2.18. The van der Waals surface area contributed by atoms with Crippen molar-refractivity contribution in [2.24, 2.45) is 0 Å². The lowest BCUT2D eigenvalue weighted by Crippen LogP contribution is -1.92. The Morgan fingerprint density at radius 2 is 2.12 bits per heavy atom. The van der Waals surface area contributed by atoms with Crippen molar-refractivity contribution in [2.45, 2.75) is 6.92 Å². The van der Waals surface area contributed by atoms with Crippen LogP contribution in [0.15, 0.2) is 23.6 Å². The summed E-state index contributed by atoms with van der Waals surface area (Å²) >= 11 is 0. The van der Waals surface area contributed by atoms with E-state index in [0.717, 1.165) is 11.7 Å². The molecule has 16 heavy (non-hydrogen) atoms. The van der Waals surface area contributed by atoms with Gasteiger partial charge in [0.25, 0.3) is 0 Å². The molecule has 0 aliphatic heterocycles. The number of aromatic hydroxyl groups is 1. The summed E-state index contributed by atoms with van der Waals surface area (Å²) in [6.45, 7) is 2.24. The second kappa shape index (κ2) is 5.03. The molecule has 1 aromatic carbocycles. The maximum Gasteiger partial charge on any atom is 0.168 e. The third kappa shape index (κ3) is 3.94. The van der Waals surface area contributed by atoms with E-state index in [1.165, 1.54) is 12.1 Å². The van der Waals surface area contributed by atoms with Crippen LogP contribution in [0, 0.1) is 0 Å². The molecule has 0 fully saturated rings. The van der Waals surface area contributed by atoms with Crippen molar-refractivity contribution < 1.29 is 18.3 Å². The molecule has 0 spiro atoms. The van der Waals surface area contributed by atoms with Gasteiger partial charge in [0.15, 0.2) is 21.3 Å². The van der Waals surface area contributed by atoms with E-state index in [1.54, 1.807) is 19.1 Å². The molecule has 0 aliphatic rings. The standard InChI is InChI=1S/C11H14O4S/c1-3-15-11-8-9(4-5-10(11)12)6-7-16(2,13)14/h4-8,12H,3H2,1-2H3. The van der Waals surface area contributed by atoms with E-state index in [0.29, 0.717) is 17.9 Å². The van der Waals surface area contributed by atoms with Crippen LogP contribution in [0.2, 0.25) is 0 Å². The van der Waals surface area contributed by atoms with Crippen LogP contribution in [-0.2, 0) is 9.84 Å². The molecule has 0 bridgehead atoms. The molecule has 1 N–H and O–H groups in total. The first-order valence-electron chi connectivity index (χ1n) is 4.76. The summed E-state index contributed by atoms with van der Waals surface area (Å²) in [6, 6.07) is 4.66. The molecular formula is C11H14O4S. The van der Waals surface area contributed by atoms with Gasteiger partial charge in [0.2, 0.25) is 0 Å². The zero-order chi connectivity index (χ0) is 12.2. The summed E-state index contributed by atoms with van der Waals surface area (Å²) in [7, 11) is -3.14. The molecule has 1 rings (SSSR count). The lowest BCUT2D eigenvalue weighted by atomic mass is 10.2. The normalized spacial score (nSPS) is 11.9. The van der Waals surface area contributed by atoms with Crippen molar-refractivity contribution in [2.75, 3.05) is 12.9 Å². The third-order valence-electron chi connectivity index (χ3n) is 1.79. The van der Waals surface area contributed by atoms with E-state index in [1.807, 2.05) is 0 Å². The number of ether oxygens (including phenoxy) is 1. The minimum atomic E-state index is -3.14. The Labute approximate surface area is 95.1 Å². The molecule has 0 heterocycles. The van der Waals surface area contributed by atoms with Gasteiger partial charge in [0, 0.05) is 11.7 Å².